The lowest BCUT2D eigenvalue weighted by Gasteiger charge is -2.28. The van der Waals surface area contributed by atoms with Crippen molar-refractivity contribution in [2.45, 2.75) is 173 Å². The summed E-state index contributed by atoms with van der Waals surface area (Å²) in [6.07, 6.45) is 33.1. The van der Waals surface area contributed by atoms with Crippen molar-refractivity contribution in [3.8, 4) is 0 Å². The van der Waals surface area contributed by atoms with Crippen molar-refractivity contribution in [3.05, 3.63) is 48.6 Å². The molecular formula is C44H80NO12P. The molecule has 0 aliphatic heterocycles. The third-order valence-corrected chi connectivity index (χ3v) is 10.2. The van der Waals surface area contributed by atoms with Crippen molar-refractivity contribution in [2.24, 2.45) is 0 Å². The molecule has 3 unspecified atom stereocenters. The molecule has 14 heteroatoms. The highest BCUT2D eigenvalue weighted by atomic mass is 31.2. The first-order valence-electron chi connectivity index (χ1n) is 21.9. The van der Waals surface area contributed by atoms with Crippen LogP contribution in [0.25, 0.3) is 0 Å². The van der Waals surface area contributed by atoms with E-state index < -0.39 is 32.5 Å². The van der Waals surface area contributed by atoms with Gasteiger partial charge in [0.2, 0.25) is 0 Å². The Morgan fingerprint density at radius 3 is 1.67 bits per heavy atom. The Hall–Kier alpha value is -2.19. The highest BCUT2D eigenvalue weighted by Gasteiger charge is 2.22. The molecule has 0 aliphatic rings. The molecule has 2 N–H and O–H groups in total. The van der Waals surface area contributed by atoms with Crippen molar-refractivity contribution in [2.75, 3.05) is 47.5 Å². The standard InChI is InChI=1S/C44H80NO12P/c1-6-8-10-11-15-19-25-32-41(57-49)33-27-21-18-23-28-34-43(46)52-38-42(39-54-58(50,51)53-37-36-45(3,4)5)55-44(47)35-29-22-17-14-12-13-16-20-26-31-40(56-48)30-24-9-7-2/h15-16,19-20,25-26,31-32,40-42H,6-14,17-18,21-24,27-30,33-39H2,1-5H3,(H2-,48,49,50,51)/b19-15+,20-16+,31-26-,32-25-/t40?,41?,42-/m1/s1. The van der Waals surface area contributed by atoms with E-state index in [4.69, 9.17) is 23.8 Å². The van der Waals surface area contributed by atoms with Crippen molar-refractivity contribution in [1.29, 1.82) is 0 Å². The summed E-state index contributed by atoms with van der Waals surface area (Å²) in [6.45, 7) is 3.83. The molecule has 0 aromatic carbocycles. The molecular weight excluding hydrogens is 765 g/mol. The van der Waals surface area contributed by atoms with E-state index in [0.29, 0.717) is 30.3 Å². The molecule has 0 fully saturated rings. The fraction of sp³-hybridized carbons (Fsp3) is 0.773. The van der Waals surface area contributed by atoms with Gasteiger partial charge in [0.15, 0.2) is 6.10 Å². The lowest BCUT2D eigenvalue weighted by Crippen LogP contribution is -2.37. The first-order valence-corrected chi connectivity index (χ1v) is 23.3. The van der Waals surface area contributed by atoms with Crippen LogP contribution in [0.1, 0.15) is 155 Å². The summed E-state index contributed by atoms with van der Waals surface area (Å²) in [7, 11) is 1.03. The minimum atomic E-state index is -4.68. The highest BCUT2D eigenvalue weighted by Crippen LogP contribution is 2.38. The monoisotopic (exact) mass is 846 g/mol. The van der Waals surface area contributed by atoms with Crippen molar-refractivity contribution < 1.29 is 62.3 Å². The predicted molar refractivity (Wildman–Crippen MR) is 228 cm³/mol. The maximum Gasteiger partial charge on any atom is 0.306 e. The normalized spacial score (nSPS) is 15.1. The van der Waals surface area contributed by atoms with Crippen LogP contribution in [-0.4, -0.2) is 92.8 Å². The summed E-state index contributed by atoms with van der Waals surface area (Å²) in [5.41, 5.74) is 0. The number of hydrogen-bond acceptors (Lipinski definition) is 12. The van der Waals surface area contributed by atoms with Crippen LogP contribution in [0.5, 0.6) is 0 Å². The molecule has 0 radical (unpaired) electrons. The largest absolute Gasteiger partial charge is 0.756 e. The van der Waals surface area contributed by atoms with Gasteiger partial charge in [-0.3, -0.25) is 24.7 Å². The molecule has 0 aromatic heterocycles. The summed E-state index contributed by atoms with van der Waals surface area (Å²) in [5, 5.41) is 18.2. The Labute approximate surface area is 350 Å². The van der Waals surface area contributed by atoms with Gasteiger partial charge in [0.1, 0.15) is 32.0 Å². The highest BCUT2D eigenvalue weighted by molar-refractivity contribution is 7.45. The van der Waals surface area contributed by atoms with Crippen LogP contribution < -0.4 is 4.89 Å². The average molecular weight is 846 g/mol. The molecule has 0 saturated carbocycles. The molecule has 0 saturated heterocycles. The number of ether oxygens (including phenoxy) is 2. The fourth-order valence-corrected chi connectivity index (χ4v) is 6.39. The van der Waals surface area contributed by atoms with Gasteiger partial charge in [-0.05, 0) is 51.4 Å². The molecule has 0 bridgehead atoms. The van der Waals surface area contributed by atoms with Gasteiger partial charge in [0.05, 0.1) is 27.7 Å². The summed E-state index contributed by atoms with van der Waals surface area (Å²) in [5.74, 6) is -0.988. The maximum absolute atomic E-state index is 12.7. The van der Waals surface area contributed by atoms with Gasteiger partial charge in [-0.2, -0.15) is 0 Å². The molecule has 4 atom stereocenters. The second-order valence-electron chi connectivity index (χ2n) is 15.9. The molecule has 0 spiro atoms. The van der Waals surface area contributed by atoms with Gasteiger partial charge in [-0.1, -0.05) is 140 Å². The molecule has 0 aromatic rings. The number of carbonyl (C=O) groups is 2. The first-order chi connectivity index (χ1) is 27.9. The topological polar surface area (TPSA) is 170 Å². The van der Waals surface area contributed by atoms with Crippen LogP contribution >= 0.6 is 7.82 Å². The predicted octanol–water partition coefficient (Wildman–Crippen LogP) is 10.2. The maximum atomic E-state index is 12.7. The molecule has 0 heterocycles. The van der Waals surface area contributed by atoms with E-state index in [0.717, 1.165) is 89.9 Å². The first kappa shape index (κ1) is 55.8. The van der Waals surface area contributed by atoms with E-state index in [-0.39, 0.29) is 38.3 Å². The van der Waals surface area contributed by atoms with Crippen LogP contribution in [0.3, 0.4) is 0 Å². The number of unbranched alkanes of at least 4 members (excludes halogenated alkanes) is 14. The number of rotatable bonds is 40. The van der Waals surface area contributed by atoms with Gasteiger partial charge in [0, 0.05) is 12.8 Å². The van der Waals surface area contributed by atoms with E-state index in [2.05, 4.69) is 35.8 Å². The number of phosphoric acid groups is 1. The molecule has 0 rings (SSSR count). The van der Waals surface area contributed by atoms with E-state index in [9.17, 15) is 24.3 Å². The summed E-state index contributed by atoms with van der Waals surface area (Å²) in [4.78, 5) is 46.7. The third kappa shape index (κ3) is 38.0. The molecule has 0 amide bonds. The van der Waals surface area contributed by atoms with Gasteiger partial charge in [-0.15, -0.1) is 0 Å². The van der Waals surface area contributed by atoms with Crippen LogP contribution in [0.15, 0.2) is 48.6 Å². The Kier molecular flexibility index (Phi) is 36.4. The van der Waals surface area contributed by atoms with Crippen molar-refractivity contribution >= 4 is 19.8 Å². The minimum Gasteiger partial charge on any atom is -0.756 e. The minimum absolute atomic E-state index is 0.0690. The quantitative estimate of drug-likeness (QED) is 0.0114. The SMILES string of the molecule is CCCCC/C=C/C=C\C(CCCCCCCC(=O)OC[C@H](COP(=O)([O-])OCC[N+](C)(C)C)OC(=O)CCCCCCC/C=C/C=C\C(CCCCC)OO)OO. The smallest absolute Gasteiger partial charge is 0.306 e. The average Bonchev–Trinajstić information content (AvgIpc) is 3.18. The van der Waals surface area contributed by atoms with Crippen LogP contribution in [0, 0.1) is 0 Å². The van der Waals surface area contributed by atoms with E-state index >= 15 is 0 Å². The van der Waals surface area contributed by atoms with Crippen molar-refractivity contribution in [1.82, 2.24) is 0 Å². The number of likely N-dealkylation sites (N-methyl/N-ethyl adjacent to an activating group) is 1. The summed E-state index contributed by atoms with van der Waals surface area (Å²) < 4.78 is 33.8. The van der Waals surface area contributed by atoms with Crippen molar-refractivity contribution in [3.63, 3.8) is 0 Å². The van der Waals surface area contributed by atoms with Crippen LogP contribution in [-0.2, 0) is 42.5 Å². The number of allylic oxidation sites excluding steroid dienone is 6. The number of phosphoric ester groups is 1. The number of quaternary nitrogens is 1. The van der Waals surface area contributed by atoms with E-state index in [1.807, 2.05) is 57.6 Å². The molecule has 338 valence electrons. The second kappa shape index (κ2) is 37.8. The Morgan fingerprint density at radius 2 is 1.12 bits per heavy atom. The number of hydrogen-bond donors (Lipinski definition) is 2. The molecule has 0 aliphatic carbocycles. The Balaban J connectivity index is 4.61. The van der Waals surface area contributed by atoms with Gasteiger partial charge in [-0.25, -0.2) is 9.78 Å². The second-order valence-corrected chi connectivity index (χ2v) is 17.3. The van der Waals surface area contributed by atoms with Gasteiger partial charge < -0.3 is 27.9 Å². The van der Waals surface area contributed by atoms with Crippen LogP contribution in [0.4, 0.5) is 0 Å². The van der Waals surface area contributed by atoms with E-state index in [1.165, 1.54) is 19.3 Å². The van der Waals surface area contributed by atoms with Crippen LogP contribution in [0.2, 0.25) is 0 Å². The van der Waals surface area contributed by atoms with E-state index in [1.54, 1.807) is 0 Å². The third-order valence-electron chi connectivity index (χ3n) is 9.26. The lowest BCUT2D eigenvalue weighted by atomic mass is 10.1. The number of carbonyl (C=O) groups excluding carboxylic acids is 2. The zero-order chi connectivity index (χ0) is 43.2. The summed E-state index contributed by atoms with van der Waals surface area (Å²) in [6, 6.07) is 0. The molecule has 13 nitrogen and oxygen atoms in total. The zero-order valence-corrected chi connectivity index (χ0v) is 37.5. The number of esters is 2. The number of nitrogens with zero attached hydrogens (tertiary/aromatic N) is 1. The summed E-state index contributed by atoms with van der Waals surface area (Å²) >= 11 is 0. The fourth-order valence-electron chi connectivity index (χ4n) is 5.67. The Bertz CT molecular complexity index is 1170. The zero-order valence-electron chi connectivity index (χ0n) is 36.6. The van der Waals surface area contributed by atoms with Gasteiger partial charge in [0.25, 0.3) is 7.82 Å². The lowest BCUT2D eigenvalue weighted by molar-refractivity contribution is -0.870. The Morgan fingerprint density at radius 1 is 0.638 bits per heavy atom. The molecule has 58 heavy (non-hydrogen) atoms. The van der Waals surface area contributed by atoms with Gasteiger partial charge >= 0.3 is 11.9 Å².